The van der Waals surface area contributed by atoms with Crippen molar-refractivity contribution < 1.29 is 4.79 Å². The average molecular weight is 215 g/mol. The normalized spacial score (nSPS) is 19.8. The molecule has 1 amide bonds. The molecule has 1 aliphatic rings. The van der Waals surface area contributed by atoms with Crippen molar-refractivity contribution in [1.29, 1.82) is 0 Å². The molecule has 0 bridgehead atoms. The SMILES string of the molecule is C=C1CCCC1CNC(=O)c1ccccc1. The summed E-state index contributed by atoms with van der Waals surface area (Å²) in [6.45, 7) is 4.76. The lowest BCUT2D eigenvalue weighted by molar-refractivity contribution is 0.0949. The Morgan fingerprint density at radius 3 is 2.75 bits per heavy atom. The molecule has 1 fully saturated rings. The molecule has 0 radical (unpaired) electrons. The second-order valence-corrected chi connectivity index (χ2v) is 4.32. The number of amides is 1. The Morgan fingerprint density at radius 2 is 2.12 bits per heavy atom. The summed E-state index contributed by atoms with van der Waals surface area (Å²) in [4.78, 5) is 11.8. The van der Waals surface area contributed by atoms with Gasteiger partial charge in [-0.3, -0.25) is 4.79 Å². The van der Waals surface area contributed by atoms with Gasteiger partial charge in [-0.05, 0) is 37.3 Å². The van der Waals surface area contributed by atoms with Crippen molar-refractivity contribution >= 4 is 5.91 Å². The zero-order chi connectivity index (χ0) is 11.4. The Balaban J connectivity index is 1.87. The topological polar surface area (TPSA) is 29.1 Å². The molecule has 0 heterocycles. The van der Waals surface area contributed by atoms with Crippen LogP contribution in [0.15, 0.2) is 42.5 Å². The Morgan fingerprint density at radius 1 is 1.38 bits per heavy atom. The largest absolute Gasteiger partial charge is 0.351 e. The van der Waals surface area contributed by atoms with Gasteiger partial charge in [0.05, 0.1) is 0 Å². The fraction of sp³-hybridized carbons (Fsp3) is 0.357. The average Bonchev–Trinajstić information content (AvgIpc) is 2.73. The number of benzene rings is 1. The first-order valence-electron chi connectivity index (χ1n) is 5.78. The Hall–Kier alpha value is -1.57. The van der Waals surface area contributed by atoms with Crippen molar-refractivity contribution in [2.24, 2.45) is 5.92 Å². The van der Waals surface area contributed by atoms with Crippen LogP contribution in [0.2, 0.25) is 0 Å². The lowest BCUT2D eigenvalue weighted by Crippen LogP contribution is -2.28. The smallest absolute Gasteiger partial charge is 0.251 e. The predicted molar refractivity (Wildman–Crippen MR) is 65.3 cm³/mol. The lowest BCUT2D eigenvalue weighted by Gasteiger charge is -2.12. The van der Waals surface area contributed by atoms with E-state index in [-0.39, 0.29) is 5.91 Å². The summed E-state index contributed by atoms with van der Waals surface area (Å²) in [6, 6.07) is 9.33. The van der Waals surface area contributed by atoms with E-state index < -0.39 is 0 Å². The number of carbonyl (C=O) groups is 1. The highest BCUT2D eigenvalue weighted by Gasteiger charge is 2.19. The first-order valence-corrected chi connectivity index (χ1v) is 5.78. The minimum Gasteiger partial charge on any atom is -0.351 e. The molecule has 1 saturated carbocycles. The molecule has 0 saturated heterocycles. The molecule has 1 N–H and O–H groups in total. The van der Waals surface area contributed by atoms with Crippen LogP contribution in [0.4, 0.5) is 0 Å². The second-order valence-electron chi connectivity index (χ2n) is 4.32. The number of carbonyl (C=O) groups excluding carboxylic acids is 1. The maximum atomic E-state index is 11.8. The van der Waals surface area contributed by atoms with Crippen LogP contribution in [0.25, 0.3) is 0 Å². The molecule has 2 heteroatoms. The van der Waals surface area contributed by atoms with Crippen molar-refractivity contribution in [3.63, 3.8) is 0 Å². The van der Waals surface area contributed by atoms with E-state index in [1.54, 1.807) is 0 Å². The highest BCUT2D eigenvalue weighted by atomic mass is 16.1. The van der Waals surface area contributed by atoms with Crippen molar-refractivity contribution in [2.75, 3.05) is 6.54 Å². The maximum absolute atomic E-state index is 11.8. The molecule has 2 nitrogen and oxygen atoms in total. The first kappa shape index (κ1) is 10.9. The van der Waals surface area contributed by atoms with Gasteiger partial charge in [0.15, 0.2) is 0 Å². The molecule has 1 atom stereocenters. The van der Waals surface area contributed by atoms with Crippen LogP contribution in [0.1, 0.15) is 29.6 Å². The minimum atomic E-state index is 0.0142. The third kappa shape index (κ3) is 2.51. The molecule has 1 aromatic carbocycles. The van der Waals surface area contributed by atoms with Crippen molar-refractivity contribution in [3.05, 3.63) is 48.0 Å². The third-order valence-corrected chi connectivity index (χ3v) is 3.17. The highest BCUT2D eigenvalue weighted by Crippen LogP contribution is 2.28. The maximum Gasteiger partial charge on any atom is 0.251 e. The minimum absolute atomic E-state index is 0.0142. The van der Waals surface area contributed by atoms with E-state index in [1.165, 1.54) is 12.0 Å². The number of hydrogen-bond donors (Lipinski definition) is 1. The molecule has 1 unspecified atom stereocenters. The van der Waals surface area contributed by atoms with Gasteiger partial charge >= 0.3 is 0 Å². The molecule has 16 heavy (non-hydrogen) atoms. The van der Waals surface area contributed by atoms with E-state index in [4.69, 9.17) is 0 Å². The van der Waals surface area contributed by atoms with Crippen molar-refractivity contribution in [1.82, 2.24) is 5.32 Å². The summed E-state index contributed by atoms with van der Waals surface area (Å²) in [5, 5.41) is 2.97. The summed E-state index contributed by atoms with van der Waals surface area (Å²) >= 11 is 0. The molecule has 1 aliphatic carbocycles. The van der Waals surface area contributed by atoms with Gasteiger partial charge < -0.3 is 5.32 Å². The quantitative estimate of drug-likeness (QED) is 0.772. The lowest BCUT2D eigenvalue weighted by atomic mass is 10.0. The van der Waals surface area contributed by atoms with E-state index in [1.807, 2.05) is 30.3 Å². The van der Waals surface area contributed by atoms with Gasteiger partial charge in [0.1, 0.15) is 0 Å². The summed E-state index contributed by atoms with van der Waals surface area (Å²) in [7, 11) is 0. The molecular weight excluding hydrogens is 198 g/mol. The van der Waals surface area contributed by atoms with Gasteiger partial charge in [-0.1, -0.05) is 30.4 Å². The van der Waals surface area contributed by atoms with Crippen LogP contribution in [0, 0.1) is 5.92 Å². The second kappa shape index (κ2) is 4.97. The van der Waals surface area contributed by atoms with Crippen molar-refractivity contribution in [3.8, 4) is 0 Å². The summed E-state index contributed by atoms with van der Waals surface area (Å²) in [5.41, 5.74) is 2.01. The van der Waals surface area contributed by atoms with Gasteiger partial charge in [-0.2, -0.15) is 0 Å². The number of rotatable bonds is 3. The molecular formula is C14H17NO. The number of nitrogens with one attached hydrogen (secondary N) is 1. The Bertz CT molecular complexity index is 383. The van der Waals surface area contributed by atoms with Crippen LogP contribution in [-0.2, 0) is 0 Å². The van der Waals surface area contributed by atoms with Crippen LogP contribution in [0.3, 0.4) is 0 Å². The molecule has 0 aliphatic heterocycles. The van der Waals surface area contributed by atoms with E-state index in [2.05, 4.69) is 11.9 Å². The monoisotopic (exact) mass is 215 g/mol. The molecule has 84 valence electrons. The van der Waals surface area contributed by atoms with E-state index in [0.717, 1.165) is 24.9 Å². The fourth-order valence-corrected chi connectivity index (χ4v) is 2.14. The first-order chi connectivity index (χ1) is 7.77. The zero-order valence-electron chi connectivity index (χ0n) is 9.41. The van der Waals surface area contributed by atoms with Gasteiger partial charge in [0.2, 0.25) is 0 Å². The van der Waals surface area contributed by atoms with Gasteiger partial charge in [0, 0.05) is 12.1 Å². The van der Waals surface area contributed by atoms with E-state index >= 15 is 0 Å². The fourth-order valence-electron chi connectivity index (χ4n) is 2.14. The van der Waals surface area contributed by atoms with Gasteiger partial charge in [-0.15, -0.1) is 0 Å². The standard InChI is InChI=1S/C14H17NO/c1-11-6-5-9-13(11)10-15-14(16)12-7-3-2-4-8-12/h2-4,7-8,13H,1,5-6,9-10H2,(H,15,16). The van der Waals surface area contributed by atoms with Crippen LogP contribution in [0.5, 0.6) is 0 Å². The summed E-state index contributed by atoms with van der Waals surface area (Å²) in [6.07, 6.45) is 3.49. The van der Waals surface area contributed by atoms with E-state index in [9.17, 15) is 4.79 Å². The summed E-state index contributed by atoms with van der Waals surface area (Å²) < 4.78 is 0. The van der Waals surface area contributed by atoms with Crippen LogP contribution in [-0.4, -0.2) is 12.5 Å². The number of hydrogen-bond acceptors (Lipinski definition) is 1. The van der Waals surface area contributed by atoms with Gasteiger partial charge in [0.25, 0.3) is 5.91 Å². The van der Waals surface area contributed by atoms with Crippen molar-refractivity contribution in [2.45, 2.75) is 19.3 Å². The Kier molecular flexibility index (Phi) is 3.40. The third-order valence-electron chi connectivity index (χ3n) is 3.17. The molecule has 1 aromatic rings. The highest BCUT2D eigenvalue weighted by molar-refractivity contribution is 5.94. The zero-order valence-corrected chi connectivity index (χ0v) is 9.41. The molecule has 0 aromatic heterocycles. The van der Waals surface area contributed by atoms with Crippen LogP contribution >= 0.6 is 0 Å². The molecule has 2 rings (SSSR count). The van der Waals surface area contributed by atoms with Gasteiger partial charge in [-0.25, -0.2) is 0 Å². The predicted octanol–water partition coefficient (Wildman–Crippen LogP) is 2.77. The van der Waals surface area contributed by atoms with Crippen LogP contribution < -0.4 is 5.32 Å². The molecule has 0 spiro atoms. The summed E-state index contributed by atoms with van der Waals surface area (Å²) in [5.74, 6) is 0.493. The van der Waals surface area contributed by atoms with E-state index in [0.29, 0.717) is 5.92 Å². The Labute approximate surface area is 96.4 Å².